The molecule has 0 saturated carbocycles. The molecule has 1 amide bonds. The first-order valence-electron chi connectivity index (χ1n) is 10.1. The first-order chi connectivity index (χ1) is 15.6. The molecule has 1 N–H and O–H groups in total. The molecule has 0 bridgehead atoms. The number of carbonyl (C=O) groups excluding carboxylic acids is 1. The number of hydrogen-bond acceptors (Lipinski definition) is 4. The summed E-state index contributed by atoms with van der Waals surface area (Å²) in [4.78, 5) is 18.4. The SMILES string of the molecule is [C-]#[N+]c1ccc(-c2cccc(N3Cc4ccc(CO)cc4C3=O)c2)c(-c2nncn2C)c1. The number of nitrogens with zero attached hydrogens (tertiary/aromatic N) is 5. The Bertz CT molecular complexity index is 1400. The average molecular weight is 421 g/mol. The lowest BCUT2D eigenvalue weighted by molar-refractivity contribution is 0.0996. The number of fused-ring (bicyclic) bond motifs is 1. The van der Waals surface area contributed by atoms with Crippen molar-refractivity contribution in [2.75, 3.05) is 4.90 Å². The number of aliphatic hydroxyl groups excluding tert-OH is 1. The molecule has 0 fully saturated rings. The summed E-state index contributed by atoms with van der Waals surface area (Å²) in [5.41, 5.74) is 6.22. The molecular weight excluding hydrogens is 402 g/mol. The zero-order valence-corrected chi connectivity index (χ0v) is 17.4. The molecule has 0 aliphatic carbocycles. The van der Waals surface area contributed by atoms with Crippen LogP contribution in [0.2, 0.25) is 0 Å². The highest BCUT2D eigenvalue weighted by Crippen LogP contribution is 2.37. The molecule has 7 heteroatoms. The van der Waals surface area contributed by atoms with Gasteiger partial charge in [0.25, 0.3) is 5.91 Å². The molecular formula is C25H19N5O2. The van der Waals surface area contributed by atoms with Gasteiger partial charge in [0.1, 0.15) is 6.33 Å². The zero-order valence-electron chi connectivity index (χ0n) is 17.4. The summed E-state index contributed by atoms with van der Waals surface area (Å²) in [5, 5.41) is 17.6. The van der Waals surface area contributed by atoms with Crippen molar-refractivity contribution in [1.29, 1.82) is 0 Å². The van der Waals surface area contributed by atoms with E-state index in [1.165, 1.54) is 0 Å². The van der Waals surface area contributed by atoms with E-state index in [9.17, 15) is 9.90 Å². The third kappa shape index (κ3) is 3.23. The molecule has 156 valence electrons. The number of aliphatic hydroxyl groups is 1. The van der Waals surface area contributed by atoms with E-state index in [-0.39, 0.29) is 12.5 Å². The van der Waals surface area contributed by atoms with Gasteiger partial charge in [0.2, 0.25) is 0 Å². The quantitative estimate of drug-likeness (QED) is 0.497. The van der Waals surface area contributed by atoms with Crippen molar-refractivity contribution in [1.82, 2.24) is 14.8 Å². The van der Waals surface area contributed by atoms with E-state index in [2.05, 4.69) is 15.0 Å². The van der Waals surface area contributed by atoms with Gasteiger partial charge in [-0.2, -0.15) is 0 Å². The third-order valence-corrected chi connectivity index (χ3v) is 5.71. The molecule has 32 heavy (non-hydrogen) atoms. The topological polar surface area (TPSA) is 75.6 Å². The van der Waals surface area contributed by atoms with E-state index in [0.717, 1.165) is 33.5 Å². The van der Waals surface area contributed by atoms with Crippen LogP contribution in [0.1, 0.15) is 21.5 Å². The van der Waals surface area contributed by atoms with Crippen molar-refractivity contribution in [3.63, 3.8) is 0 Å². The summed E-state index contributed by atoms with van der Waals surface area (Å²) in [6.07, 6.45) is 1.63. The fourth-order valence-electron chi connectivity index (χ4n) is 4.06. The predicted molar refractivity (Wildman–Crippen MR) is 121 cm³/mol. The van der Waals surface area contributed by atoms with Gasteiger partial charge in [-0.3, -0.25) is 4.79 Å². The van der Waals surface area contributed by atoms with E-state index in [4.69, 9.17) is 6.57 Å². The minimum absolute atomic E-state index is 0.0793. The molecule has 0 radical (unpaired) electrons. The smallest absolute Gasteiger partial charge is 0.258 e. The molecule has 4 aromatic rings. The summed E-state index contributed by atoms with van der Waals surface area (Å²) < 4.78 is 1.82. The van der Waals surface area contributed by atoms with Crippen LogP contribution in [-0.2, 0) is 20.2 Å². The molecule has 0 unspecified atom stereocenters. The van der Waals surface area contributed by atoms with Gasteiger partial charge < -0.3 is 14.6 Å². The molecule has 0 spiro atoms. The van der Waals surface area contributed by atoms with Crippen molar-refractivity contribution < 1.29 is 9.90 Å². The minimum Gasteiger partial charge on any atom is -0.392 e. The maximum atomic E-state index is 13.1. The third-order valence-electron chi connectivity index (χ3n) is 5.71. The predicted octanol–water partition coefficient (Wildman–Crippen LogP) is 4.35. The summed E-state index contributed by atoms with van der Waals surface area (Å²) in [6, 6.07) is 18.8. The molecule has 7 nitrogen and oxygen atoms in total. The standard InChI is InChI=1S/C25H19N5O2/c1-26-19-8-9-21(23(12-19)24-28-27-15-29(24)2)17-4-3-5-20(11-17)30-13-18-7-6-16(14-31)10-22(18)25(30)32/h3-12,15,31H,13-14H2,2H3. The van der Waals surface area contributed by atoms with E-state index < -0.39 is 0 Å². The Labute approximate surface area is 185 Å². The van der Waals surface area contributed by atoms with E-state index in [1.807, 2.05) is 60.1 Å². The Hall–Kier alpha value is -4.28. The van der Waals surface area contributed by atoms with Crippen LogP contribution in [0.3, 0.4) is 0 Å². The number of amides is 1. The number of aromatic nitrogens is 3. The number of hydrogen-bond donors (Lipinski definition) is 1. The normalized spacial score (nSPS) is 12.7. The lowest BCUT2D eigenvalue weighted by Gasteiger charge is -2.18. The van der Waals surface area contributed by atoms with Crippen LogP contribution in [0.25, 0.3) is 27.4 Å². The number of rotatable bonds is 4. The number of anilines is 1. The Morgan fingerprint density at radius 2 is 1.94 bits per heavy atom. The first kappa shape index (κ1) is 19.7. The Morgan fingerprint density at radius 1 is 1.06 bits per heavy atom. The van der Waals surface area contributed by atoms with Gasteiger partial charge in [-0.15, -0.1) is 10.2 Å². The molecule has 3 aromatic carbocycles. The second kappa shape index (κ2) is 7.76. The Kier molecular flexibility index (Phi) is 4.77. The van der Waals surface area contributed by atoms with Gasteiger partial charge in [-0.25, -0.2) is 4.85 Å². The Balaban J connectivity index is 1.57. The van der Waals surface area contributed by atoms with E-state index in [1.54, 1.807) is 23.4 Å². The van der Waals surface area contributed by atoms with Crippen LogP contribution < -0.4 is 4.90 Å². The summed E-state index contributed by atoms with van der Waals surface area (Å²) in [7, 11) is 1.86. The maximum absolute atomic E-state index is 13.1. The molecule has 1 aliphatic rings. The number of benzene rings is 3. The van der Waals surface area contributed by atoms with Crippen molar-refractivity contribution in [3.8, 4) is 22.5 Å². The van der Waals surface area contributed by atoms with Gasteiger partial charge >= 0.3 is 0 Å². The van der Waals surface area contributed by atoms with Gasteiger partial charge in [0.05, 0.1) is 19.7 Å². The lowest BCUT2D eigenvalue weighted by Crippen LogP contribution is -2.22. The maximum Gasteiger partial charge on any atom is 0.258 e. The second-order valence-corrected chi connectivity index (χ2v) is 7.70. The fraction of sp³-hybridized carbons (Fsp3) is 0.120. The summed E-state index contributed by atoms with van der Waals surface area (Å²) in [6.45, 7) is 7.77. The molecule has 5 rings (SSSR count). The van der Waals surface area contributed by atoms with Crippen LogP contribution in [-0.4, -0.2) is 25.8 Å². The highest BCUT2D eigenvalue weighted by atomic mass is 16.3. The molecule has 2 heterocycles. The fourth-order valence-corrected chi connectivity index (χ4v) is 4.06. The second-order valence-electron chi connectivity index (χ2n) is 7.70. The van der Waals surface area contributed by atoms with Gasteiger partial charge in [-0.1, -0.05) is 36.4 Å². The minimum atomic E-state index is -0.0958. The van der Waals surface area contributed by atoms with E-state index >= 15 is 0 Å². The monoisotopic (exact) mass is 421 g/mol. The Morgan fingerprint density at radius 3 is 2.69 bits per heavy atom. The number of aryl methyl sites for hydroxylation is 1. The van der Waals surface area contributed by atoms with Crippen LogP contribution >= 0.6 is 0 Å². The lowest BCUT2D eigenvalue weighted by atomic mass is 9.97. The summed E-state index contributed by atoms with van der Waals surface area (Å²) in [5.74, 6) is 0.585. The van der Waals surface area contributed by atoms with Gasteiger partial charge in [0, 0.05) is 23.9 Å². The molecule has 0 atom stereocenters. The molecule has 0 saturated heterocycles. The van der Waals surface area contributed by atoms with Crippen LogP contribution in [0.5, 0.6) is 0 Å². The zero-order chi connectivity index (χ0) is 22.2. The highest BCUT2D eigenvalue weighted by molar-refractivity contribution is 6.10. The van der Waals surface area contributed by atoms with Crippen molar-refractivity contribution in [2.45, 2.75) is 13.2 Å². The summed E-state index contributed by atoms with van der Waals surface area (Å²) >= 11 is 0. The van der Waals surface area contributed by atoms with Gasteiger partial charge in [-0.05, 0) is 46.5 Å². The highest BCUT2D eigenvalue weighted by Gasteiger charge is 2.29. The van der Waals surface area contributed by atoms with Crippen LogP contribution in [0.15, 0.2) is 67.0 Å². The molecule has 1 aromatic heterocycles. The van der Waals surface area contributed by atoms with Crippen LogP contribution in [0, 0.1) is 6.57 Å². The average Bonchev–Trinajstić information content (AvgIpc) is 3.41. The van der Waals surface area contributed by atoms with E-state index in [0.29, 0.717) is 23.6 Å². The first-order valence-corrected chi connectivity index (χ1v) is 10.1. The molecule has 1 aliphatic heterocycles. The van der Waals surface area contributed by atoms with Crippen LogP contribution in [0.4, 0.5) is 11.4 Å². The van der Waals surface area contributed by atoms with Gasteiger partial charge in [0.15, 0.2) is 11.5 Å². The van der Waals surface area contributed by atoms with Crippen molar-refractivity contribution in [2.24, 2.45) is 7.05 Å². The number of carbonyl (C=O) groups is 1. The van der Waals surface area contributed by atoms with Crippen molar-refractivity contribution >= 4 is 17.3 Å². The largest absolute Gasteiger partial charge is 0.392 e. The van der Waals surface area contributed by atoms with Crippen molar-refractivity contribution in [3.05, 3.63) is 95.1 Å².